The molecular weight excluding hydrogens is 290 g/mol. The molecule has 0 aliphatic carbocycles. The van der Waals surface area contributed by atoms with Gasteiger partial charge in [-0.15, -0.1) is 0 Å². The van der Waals surface area contributed by atoms with Gasteiger partial charge in [0, 0.05) is 44.8 Å². The molecule has 1 atom stereocenters. The van der Waals surface area contributed by atoms with Gasteiger partial charge < -0.3 is 19.9 Å². The van der Waals surface area contributed by atoms with Crippen LogP contribution < -0.4 is 5.32 Å². The van der Waals surface area contributed by atoms with Crippen molar-refractivity contribution in [3.8, 4) is 0 Å². The number of carbonyl (C=O) groups is 1. The molecule has 7 nitrogen and oxygen atoms in total. The highest BCUT2D eigenvalue weighted by Crippen LogP contribution is 2.18. The van der Waals surface area contributed by atoms with Crippen LogP contribution in [0.3, 0.4) is 0 Å². The van der Waals surface area contributed by atoms with Gasteiger partial charge in [0.1, 0.15) is 6.10 Å². The molecule has 0 spiro atoms. The van der Waals surface area contributed by atoms with Gasteiger partial charge in [0.05, 0.1) is 6.54 Å². The van der Waals surface area contributed by atoms with E-state index in [1.165, 1.54) is 11.5 Å². The Morgan fingerprint density at radius 2 is 2.14 bits per heavy atom. The SMILES string of the molecule is CCN1CCN(C(=O)CNc2nc([C@H](C)OC)ns2)CC1. The predicted octanol–water partition coefficient (Wildman–Crippen LogP) is 0.821. The van der Waals surface area contributed by atoms with E-state index in [2.05, 4.69) is 26.5 Å². The number of rotatable bonds is 6. The number of methoxy groups -OCH3 is 1. The van der Waals surface area contributed by atoms with Gasteiger partial charge in [-0.3, -0.25) is 4.79 Å². The molecule has 21 heavy (non-hydrogen) atoms. The van der Waals surface area contributed by atoms with Crippen molar-refractivity contribution >= 4 is 22.6 Å². The number of anilines is 1. The smallest absolute Gasteiger partial charge is 0.242 e. The fraction of sp³-hybridized carbons (Fsp3) is 0.769. The maximum absolute atomic E-state index is 12.1. The van der Waals surface area contributed by atoms with Gasteiger partial charge in [0.25, 0.3) is 0 Å². The van der Waals surface area contributed by atoms with Crippen molar-refractivity contribution < 1.29 is 9.53 Å². The van der Waals surface area contributed by atoms with E-state index in [0.717, 1.165) is 32.7 Å². The number of ether oxygens (including phenoxy) is 1. The summed E-state index contributed by atoms with van der Waals surface area (Å²) in [4.78, 5) is 20.7. The second-order valence-corrected chi connectivity index (χ2v) is 5.76. The quantitative estimate of drug-likeness (QED) is 0.838. The number of amides is 1. The minimum atomic E-state index is -0.130. The van der Waals surface area contributed by atoms with Gasteiger partial charge in [-0.05, 0) is 13.5 Å². The van der Waals surface area contributed by atoms with Gasteiger partial charge >= 0.3 is 0 Å². The Hall–Kier alpha value is -1.25. The predicted molar refractivity (Wildman–Crippen MR) is 82.5 cm³/mol. The molecule has 8 heteroatoms. The second kappa shape index (κ2) is 7.67. The first-order chi connectivity index (χ1) is 10.1. The Bertz CT molecular complexity index is 459. The van der Waals surface area contributed by atoms with Crippen LogP contribution in [0, 0.1) is 0 Å². The highest BCUT2D eigenvalue weighted by atomic mass is 32.1. The van der Waals surface area contributed by atoms with Crippen molar-refractivity contribution in [1.29, 1.82) is 0 Å². The molecule has 1 N–H and O–H groups in total. The summed E-state index contributed by atoms with van der Waals surface area (Å²) in [5.74, 6) is 0.760. The Balaban J connectivity index is 1.77. The lowest BCUT2D eigenvalue weighted by Crippen LogP contribution is -2.49. The van der Waals surface area contributed by atoms with Crippen LogP contribution in [0.2, 0.25) is 0 Å². The number of carbonyl (C=O) groups excluding carboxylic acids is 1. The van der Waals surface area contributed by atoms with E-state index in [1.54, 1.807) is 7.11 Å². The fourth-order valence-electron chi connectivity index (χ4n) is 2.15. The summed E-state index contributed by atoms with van der Waals surface area (Å²) in [6, 6.07) is 0. The van der Waals surface area contributed by atoms with Gasteiger partial charge in [0.15, 0.2) is 5.82 Å². The molecule has 0 unspecified atom stereocenters. The second-order valence-electron chi connectivity index (χ2n) is 5.00. The van der Waals surface area contributed by atoms with Crippen molar-refractivity contribution in [2.24, 2.45) is 0 Å². The van der Waals surface area contributed by atoms with E-state index >= 15 is 0 Å². The van der Waals surface area contributed by atoms with E-state index in [9.17, 15) is 4.79 Å². The van der Waals surface area contributed by atoms with E-state index < -0.39 is 0 Å². The maximum Gasteiger partial charge on any atom is 0.242 e. The van der Waals surface area contributed by atoms with Gasteiger partial charge in [-0.1, -0.05) is 6.92 Å². The van der Waals surface area contributed by atoms with Crippen molar-refractivity contribution in [3.05, 3.63) is 5.82 Å². The van der Waals surface area contributed by atoms with Gasteiger partial charge in [0.2, 0.25) is 11.0 Å². The third-order valence-electron chi connectivity index (χ3n) is 3.72. The van der Waals surface area contributed by atoms with Crippen LogP contribution in [0.15, 0.2) is 0 Å². The Kier molecular flexibility index (Phi) is 5.89. The number of hydrogen-bond acceptors (Lipinski definition) is 7. The van der Waals surface area contributed by atoms with Crippen LogP contribution in [0.25, 0.3) is 0 Å². The minimum Gasteiger partial charge on any atom is -0.374 e. The summed E-state index contributed by atoms with van der Waals surface area (Å²) in [5.41, 5.74) is 0. The number of hydrogen-bond donors (Lipinski definition) is 1. The van der Waals surface area contributed by atoms with Crippen molar-refractivity contribution in [2.75, 3.05) is 51.7 Å². The highest BCUT2D eigenvalue weighted by molar-refractivity contribution is 7.09. The third kappa shape index (κ3) is 4.36. The van der Waals surface area contributed by atoms with Crippen LogP contribution in [0.1, 0.15) is 25.8 Å². The van der Waals surface area contributed by atoms with Crippen LogP contribution in [0.4, 0.5) is 5.13 Å². The minimum absolute atomic E-state index is 0.113. The Labute approximate surface area is 129 Å². The normalized spacial score (nSPS) is 17.8. The molecule has 1 fully saturated rings. The topological polar surface area (TPSA) is 70.6 Å². The molecule has 1 aromatic heterocycles. The number of piperazine rings is 1. The van der Waals surface area contributed by atoms with Gasteiger partial charge in [-0.25, -0.2) is 4.98 Å². The third-order valence-corrected chi connectivity index (χ3v) is 4.41. The van der Waals surface area contributed by atoms with Crippen molar-refractivity contribution in [1.82, 2.24) is 19.2 Å². The first kappa shape index (κ1) is 16.1. The average Bonchev–Trinajstić information content (AvgIpc) is 3.01. The zero-order valence-electron chi connectivity index (χ0n) is 12.8. The first-order valence-electron chi connectivity index (χ1n) is 7.24. The molecule has 0 radical (unpaired) electrons. The van der Waals surface area contributed by atoms with Crippen molar-refractivity contribution in [2.45, 2.75) is 20.0 Å². The Morgan fingerprint density at radius 1 is 1.43 bits per heavy atom. The number of likely N-dealkylation sites (N-methyl/N-ethyl adjacent to an activating group) is 1. The fourth-order valence-corrected chi connectivity index (χ4v) is 2.79. The Morgan fingerprint density at radius 3 is 2.76 bits per heavy atom. The summed E-state index contributed by atoms with van der Waals surface area (Å²) in [5, 5.41) is 3.71. The molecule has 2 rings (SSSR count). The monoisotopic (exact) mass is 313 g/mol. The maximum atomic E-state index is 12.1. The lowest BCUT2D eigenvalue weighted by molar-refractivity contribution is -0.131. The molecule has 1 amide bonds. The molecule has 118 valence electrons. The molecule has 1 aliphatic heterocycles. The highest BCUT2D eigenvalue weighted by Gasteiger charge is 2.20. The summed E-state index contributed by atoms with van der Waals surface area (Å²) >= 11 is 1.25. The zero-order valence-corrected chi connectivity index (χ0v) is 13.7. The van der Waals surface area contributed by atoms with Crippen LogP contribution in [0.5, 0.6) is 0 Å². The lowest BCUT2D eigenvalue weighted by Gasteiger charge is -2.34. The molecule has 1 aliphatic rings. The first-order valence-corrected chi connectivity index (χ1v) is 8.01. The van der Waals surface area contributed by atoms with Crippen LogP contribution >= 0.6 is 11.5 Å². The lowest BCUT2D eigenvalue weighted by atomic mass is 10.3. The van der Waals surface area contributed by atoms with Crippen LogP contribution in [-0.4, -0.2) is 71.4 Å². The van der Waals surface area contributed by atoms with Crippen LogP contribution in [-0.2, 0) is 9.53 Å². The summed E-state index contributed by atoms with van der Waals surface area (Å²) in [6.07, 6.45) is -0.130. The van der Waals surface area contributed by atoms with E-state index in [0.29, 0.717) is 11.0 Å². The van der Waals surface area contributed by atoms with Gasteiger partial charge in [-0.2, -0.15) is 4.37 Å². The molecule has 0 bridgehead atoms. The summed E-state index contributed by atoms with van der Waals surface area (Å²) in [6.45, 7) is 8.87. The van der Waals surface area contributed by atoms with E-state index in [4.69, 9.17) is 4.74 Å². The standard InChI is InChI=1S/C13H23N5O2S/c1-4-17-5-7-18(8-6-17)11(19)9-14-13-15-12(16-21-13)10(2)20-3/h10H,4-9H2,1-3H3,(H,14,15,16)/t10-/m0/s1. The largest absolute Gasteiger partial charge is 0.374 e. The number of nitrogens with one attached hydrogen (secondary N) is 1. The number of nitrogens with zero attached hydrogens (tertiary/aromatic N) is 4. The van der Waals surface area contributed by atoms with Crippen molar-refractivity contribution in [3.63, 3.8) is 0 Å². The molecule has 1 saturated heterocycles. The van der Waals surface area contributed by atoms with E-state index in [1.807, 2.05) is 11.8 Å². The summed E-state index contributed by atoms with van der Waals surface area (Å²) < 4.78 is 9.37. The number of aromatic nitrogens is 2. The van der Waals surface area contributed by atoms with E-state index in [-0.39, 0.29) is 18.6 Å². The average molecular weight is 313 g/mol. The molecule has 0 saturated carbocycles. The molecular formula is C13H23N5O2S. The zero-order chi connectivity index (χ0) is 15.2. The molecule has 2 heterocycles. The summed E-state index contributed by atoms with van der Waals surface area (Å²) in [7, 11) is 1.62. The molecule has 1 aromatic rings. The molecule has 0 aromatic carbocycles.